The summed E-state index contributed by atoms with van der Waals surface area (Å²) in [6.07, 6.45) is 5.23. The molecule has 0 saturated carbocycles. The molecule has 1 fully saturated rings. The van der Waals surface area contributed by atoms with Crippen molar-refractivity contribution in [3.05, 3.63) is 22.4 Å². The molecule has 84 valence electrons. The van der Waals surface area contributed by atoms with Gasteiger partial charge in [0.05, 0.1) is 6.10 Å². The van der Waals surface area contributed by atoms with Crippen molar-refractivity contribution in [3.63, 3.8) is 0 Å². The number of likely N-dealkylation sites (N-methyl/N-ethyl adjacent to an activating group) is 1. The Kier molecular flexibility index (Phi) is 4.18. The Morgan fingerprint density at radius 2 is 2.60 bits per heavy atom. The van der Waals surface area contributed by atoms with E-state index in [2.05, 4.69) is 22.8 Å². The molecule has 1 saturated heterocycles. The molecule has 0 spiro atoms. The molecule has 0 aliphatic carbocycles. The van der Waals surface area contributed by atoms with E-state index in [1.54, 1.807) is 0 Å². The highest BCUT2D eigenvalue weighted by molar-refractivity contribution is 7.09. The fourth-order valence-corrected chi connectivity index (χ4v) is 2.91. The summed E-state index contributed by atoms with van der Waals surface area (Å²) in [5, 5.41) is 5.53. The van der Waals surface area contributed by atoms with E-state index in [9.17, 15) is 0 Å². The smallest absolute Gasteiger partial charge is 0.0728 e. The number of ether oxygens (including phenoxy) is 1. The highest BCUT2D eigenvalue weighted by atomic mass is 32.1. The maximum Gasteiger partial charge on any atom is 0.0728 e. The first-order valence-corrected chi connectivity index (χ1v) is 6.59. The summed E-state index contributed by atoms with van der Waals surface area (Å²) in [7, 11) is 2.04. The van der Waals surface area contributed by atoms with Crippen LogP contribution in [0.4, 0.5) is 0 Å². The zero-order chi connectivity index (χ0) is 10.5. The van der Waals surface area contributed by atoms with E-state index in [4.69, 9.17) is 4.74 Å². The van der Waals surface area contributed by atoms with E-state index in [-0.39, 0.29) is 0 Å². The van der Waals surface area contributed by atoms with Gasteiger partial charge >= 0.3 is 0 Å². The maximum absolute atomic E-state index is 5.72. The average Bonchev–Trinajstić information content (AvgIpc) is 2.90. The van der Waals surface area contributed by atoms with Crippen molar-refractivity contribution in [1.29, 1.82) is 0 Å². The number of hydrogen-bond donors (Lipinski definition) is 1. The van der Waals surface area contributed by atoms with Crippen LogP contribution >= 0.6 is 11.3 Å². The number of aryl methyl sites for hydroxylation is 1. The van der Waals surface area contributed by atoms with Crippen LogP contribution in [0.25, 0.3) is 0 Å². The van der Waals surface area contributed by atoms with Crippen LogP contribution in [0.1, 0.15) is 24.1 Å². The lowest BCUT2D eigenvalue weighted by Gasteiger charge is -2.22. The SMILES string of the molecule is CNC(CCc1cccs1)C1CCCO1. The first-order valence-electron chi connectivity index (χ1n) is 5.71. The predicted octanol–water partition coefficient (Wildman–Crippen LogP) is 2.45. The molecule has 15 heavy (non-hydrogen) atoms. The predicted molar refractivity (Wildman–Crippen MR) is 64.5 cm³/mol. The van der Waals surface area contributed by atoms with Gasteiger partial charge in [0.15, 0.2) is 0 Å². The molecule has 1 aliphatic heterocycles. The highest BCUT2D eigenvalue weighted by Gasteiger charge is 2.24. The molecular weight excluding hydrogens is 206 g/mol. The zero-order valence-electron chi connectivity index (χ0n) is 9.24. The summed E-state index contributed by atoms with van der Waals surface area (Å²) < 4.78 is 5.72. The summed E-state index contributed by atoms with van der Waals surface area (Å²) in [5.41, 5.74) is 0. The molecule has 1 N–H and O–H groups in total. The lowest BCUT2D eigenvalue weighted by Crippen LogP contribution is -2.37. The van der Waals surface area contributed by atoms with Crippen molar-refractivity contribution in [2.75, 3.05) is 13.7 Å². The Hall–Kier alpha value is -0.380. The fourth-order valence-electron chi connectivity index (χ4n) is 2.19. The second-order valence-corrected chi connectivity index (χ2v) is 5.10. The monoisotopic (exact) mass is 225 g/mol. The molecule has 2 nitrogen and oxygen atoms in total. The number of rotatable bonds is 5. The molecule has 1 aromatic heterocycles. The van der Waals surface area contributed by atoms with Crippen molar-refractivity contribution >= 4 is 11.3 Å². The minimum atomic E-state index is 0.440. The van der Waals surface area contributed by atoms with Crippen LogP contribution in [0.2, 0.25) is 0 Å². The van der Waals surface area contributed by atoms with Gasteiger partial charge in [0.25, 0.3) is 0 Å². The van der Waals surface area contributed by atoms with Crippen molar-refractivity contribution in [1.82, 2.24) is 5.32 Å². The molecule has 2 unspecified atom stereocenters. The average molecular weight is 225 g/mol. The summed E-state index contributed by atoms with van der Waals surface area (Å²) in [6, 6.07) is 4.86. The maximum atomic E-state index is 5.72. The van der Waals surface area contributed by atoms with Gasteiger partial charge in [0, 0.05) is 17.5 Å². The van der Waals surface area contributed by atoms with E-state index < -0.39 is 0 Å². The molecule has 0 radical (unpaired) electrons. The fraction of sp³-hybridized carbons (Fsp3) is 0.667. The molecule has 3 heteroatoms. The van der Waals surface area contributed by atoms with Crippen molar-refractivity contribution < 1.29 is 4.74 Å². The lowest BCUT2D eigenvalue weighted by molar-refractivity contribution is 0.0783. The van der Waals surface area contributed by atoms with E-state index in [0.717, 1.165) is 6.61 Å². The van der Waals surface area contributed by atoms with Gasteiger partial charge in [-0.1, -0.05) is 6.07 Å². The highest BCUT2D eigenvalue weighted by Crippen LogP contribution is 2.20. The van der Waals surface area contributed by atoms with Crippen molar-refractivity contribution in [2.24, 2.45) is 0 Å². The molecule has 0 aromatic carbocycles. The third-order valence-corrected chi connectivity index (χ3v) is 4.00. The zero-order valence-corrected chi connectivity index (χ0v) is 10.1. The molecule has 1 aliphatic rings. The Balaban J connectivity index is 1.80. The largest absolute Gasteiger partial charge is 0.377 e. The molecule has 0 amide bonds. The minimum absolute atomic E-state index is 0.440. The quantitative estimate of drug-likeness (QED) is 0.831. The number of hydrogen-bond acceptors (Lipinski definition) is 3. The van der Waals surface area contributed by atoms with Gasteiger partial charge in [-0.05, 0) is 44.2 Å². The van der Waals surface area contributed by atoms with Gasteiger partial charge in [-0.25, -0.2) is 0 Å². The summed E-state index contributed by atoms with van der Waals surface area (Å²) in [5.74, 6) is 0. The minimum Gasteiger partial charge on any atom is -0.377 e. The van der Waals surface area contributed by atoms with Crippen LogP contribution in [-0.4, -0.2) is 25.8 Å². The van der Waals surface area contributed by atoms with Crippen LogP contribution in [-0.2, 0) is 11.2 Å². The molecule has 0 bridgehead atoms. The van der Waals surface area contributed by atoms with Gasteiger partial charge in [-0.15, -0.1) is 11.3 Å². The topological polar surface area (TPSA) is 21.3 Å². The van der Waals surface area contributed by atoms with Gasteiger partial charge in [0.2, 0.25) is 0 Å². The van der Waals surface area contributed by atoms with Crippen LogP contribution in [0.15, 0.2) is 17.5 Å². The Morgan fingerprint density at radius 1 is 1.67 bits per heavy atom. The Labute approximate surface area is 95.6 Å². The van der Waals surface area contributed by atoms with E-state index in [1.165, 1.54) is 30.6 Å². The lowest BCUT2D eigenvalue weighted by atomic mass is 10.0. The van der Waals surface area contributed by atoms with E-state index in [1.807, 2.05) is 18.4 Å². The van der Waals surface area contributed by atoms with Crippen LogP contribution < -0.4 is 5.32 Å². The molecular formula is C12H19NOS. The first-order chi connectivity index (χ1) is 7.40. The second kappa shape index (κ2) is 5.64. The van der Waals surface area contributed by atoms with Crippen LogP contribution in [0.5, 0.6) is 0 Å². The van der Waals surface area contributed by atoms with Gasteiger partial charge in [0.1, 0.15) is 0 Å². The van der Waals surface area contributed by atoms with E-state index >= 15 is 0 Å². The number of nitrogens with one attached hydrogen (secondary N) is 1. The Morgan fingerprint density at radius 3 is 3.20 bits per heavy atom. The van der Waals surface area contributed by atoms with Crippen LogP contribution in [0, 0.1) is 0 Å². The Bertz CT molecular complexity index is 267. The van der Waals surface area contributed by atoms with Gasteiger partial charge < -0.3 is 10.1 Å². The molecule has 2 rings (SSSR count). The summed E-state index contributed by atoms with van der Waals surface area (Å²) in [6.45, 7) is 0.946. The van der Waals surface area contributed by atoms with Gasteiger partial charge in [-0.3, -0.25) is 0 Å². The third kappa shape index (κ3) is 3.03. The van der Waals surface area contributed by atoms with Crippen molar-refractivity contribution in [2.45, 2.75) is 37.8 Å². The standard InChI is InChI=1S/C12H19NOS/c1-13-11(12-5-2-8-14-12)7-6-10-4-3-9-15-10/h3-4,9,11-13H,2,5-8H2,1H3. The molecule has 2 atom stereocenters. The summed E-state index contributed by atoms with van der Waals surface area (Å²) in [4.78, 5) is 1.48. The normalized spacial score (nSPS) is 23.1. The van der Waals surface area contributed by atoms with Crippen LogP contribution in [0.3, 0.4) is 0 Å². The van der Waals surface area contributed by atoms with E-state index in [0.29, 0.717) is 12.1 Å². The summed E-state index contributed by atoms with van der Waals surface area (Å²) >= 11 is 1.85. The first kappa shape index (κ1) is 11.1. The second-order valence-electron chi connectivity index (χ2n) is 4.06. The van der Waals surface area contributed by atoms with Gasteiger partial charge in [-0.2, -0.15) is 0 Å². The molecule has 2 heterocycles. The molecule has 1 aromatic rings. The number of thiophene rings is 1. The third-order valence-electron chi connectivity index (χ3n) is 3.07. The van der Waals surface area contributed by atoms with Crippen molar-refractivity contribution in [3.8, 4) is 0 Å².